The Balaban J connectivity index is 0. The van der Waals surface area contributed by atoms with Crippen LogP contribution in [0.4, 0.5) is 0 Å². The molecule has 13 heavy (non-hydrogen) atoms. The molecule has 0 fully saturated rings. The summed E-state index contributed by atoms with van der Waals surface area (Å²) in [5.74, 6) is 0. The smallest absolute Gasteiger partial charge is 0.334 e. The molecule has 0 unspecified atom stereocenters. The lowest BCUT2D eigenvalue weighted by atomic mass is 10.5. The number of hydrogen-bond donors (Lipinski definition) is 0. The molecule has 0 aliphatic carbocycles. The fourth-order valence-corrected chi connectivity index (χ4v) is 2.65. The zero-order chi connectivity index (χ0) is 9.45. The van der Waals surface area contributed by atoms with Gasteiger partial charge in [-0.3, -0.25) is 0 Å². The summed E-state index contributed by atoms with van der Waals surface area (Å²) in [5, 5.41) is 0. The predicted octanol–water partition coefficient (Wildman–Crippen LogP) is 1.48. The Morgan fingerprint density at radius 1 is 0.923 bits per heavy atom. The van der Waals surface area contributed by atoms with Crippen LogP contribution < -0.4 is 0 Å². The minimum Gasteiger partial charge on any atom is -0.394 e. The van der Waals surface area contributed by atoms with Crippen molar-refractivity contribution in [1.29, 1.82) is 0 Å². The molecule has 0 aromatic rings. The second kappa shape index (κ2) is 8.93. The summed E-state index contributed by atoms with van der Waals surface area (Å²) in [4.78, 5) is 0. The lowest BCUT2D eigenvalue weighted by molar-refractivity contribution is 0.174. The lowest BCUT2D eigenvalue weighted by Crippen LogP contribution is -2.38. The van der Waals surface area contributed by atoms with E-state index in [0.717, 1.165) is 32.1 Å². The topological polar surface area (TPSA) is 18.5 Å². The summed E-state index contributed by atoms with van der Waals surface area (Å²) in [7, 11) is -1.77. The third-order valence-corrected chi connectivity index (χ3v) is 4.78. The molecule has 0 aromatic carbocycles. The van der Waals surface area contributed by atoms with Crippen LogP contribution in [0.15, 0.2) is 0 Å². The maximum absolute atomic E-state index is 5.75. The molecular weight excluding hydrogens is 196 g/mol. The first-order chi connectivity index (χ1) is 5.68. The highest BCUT2D eigenvalue weighted by Crippen LogP contribution is 2.13. The molecule has 0 atom stereocenters. The molecule has 2 nitrogen and oxygen atoms in total. The number of hydrogen-bond acceptors (Lipinski definition) is 2. The zero-order valence-electron chi connectivity index (χ0n) is 8.85. The molecule has 0 N–H and O–H groups in total. The summed E-state index contributed by atoms with van der Waals surface area (Å²) < 4.78 is 11.5. The largest absolute Gasteiger partial charge is 0.394 e. The van der Waals surface area contributed by atoms with Crippen molar-refractivity contribution in [1.82, 2.24) is 0 Å². The molecule has 0 rings (SSSR count). The Morgan fingerprint density at radius 2 is 1.31 bits per heavy atom. The van der Waals surface area contributed by atoms with E-state index >= 15 is 0 Å². The van der Waals surface area contributed by atoms with Crippen LogP contribution >= 0.6 is 0 Å². The van der Waals surface area contributed by atoms with E-state index in [0.29, 0.717) is 0 Å². The van der Waals surface area contributed by atoms with Crippen molar-refractivity contribution >= 4 is 19.5 Å². The fraction of sp³-hybridized carbons (Fsp3) is 1.00. The minimum absolute atomic E-state index is 0. The Hall–Kier alpha value is 0.354. The fourth-order valence-electron chi connectivity index (χ4n) is 0.882. The molecule has 0 bridgehead atoms. The van der Waals surface area contributed by atoms with Crippen LogP contribution in [0, 0.1) is 0 Å². The van der Waals surface area contributed by atoms with E-state index in [-0.39, 0.29) is 11.0 Å². The molecule has 82 valence electrons. The van der Waals surface area contributed by atoms with E-state index in [1.165, 1.54) is 0 Å². The van der Waals surface area contributed by atoms with E-state index in [1.54, 1.807) is 0 Å². The summed E-state index contributed by atoms with van der Waals surface area (Å²) in [6.07, 6.45) is 2.16. The minimum atomic E-state index is -1.77. The summed E-state index contributed by atoms with van der Waals surface area (Å²) in [6.45, 7) is 10.3. The Bertz CT molecular complexity index is 102. The molecule has 0 aromatic heterocycles. The summed E-state index contributed by atoms with van der Waals surface area (Å²) >= 11 is 0. The van der Waals surface area contributed by atoms with Crippen molar-refractivity contribution in [3.63, 3.8) is 0 Å². The molecule has 0 saturated carbocycles. The van der Waals surface area contributed by atoms with Crippen molar-refractivity contribution < 1.29 is 8.85 Å². The van der Waals surface area contributed by atoms with Crippen molar-refractivity contribution in [2.75, 3.05) is 13.2 Å². The molecule has 0 amide bonds. The Morgan fingerprint density at radius 3 is 1.54 bits per heavy atom. The monoisotopic (exact) mass is 222 g/mol. The van der Waals surface area contributed by atoms with Crippen molar-refractivity contribution in [3.05, 3.63) is 0 Å². The van der Waals surface area contributed by atoms with Gasteiger partial charge in [-0.1, -0.05) is 20.8 Å². The Labute approximate surface area is 88.3 Å². The maximum atomic E-state index is 5.75. The van der Waals surface area contributed by atoms with Gasteiger partial charge in [0.15, 0.2) is 0 Å². The normalized spacial score (nSPS) is 11.1. The van der Waals surface area contributed by atoms with Gasteiger partial charge in [0, 0.05) is 13.2 Å². The lowest BCUT2D eigenvalue weighted by Gasteiger charge is -2.25. The third-order valence-electron chi connectivity index (χ3n) is 1.87. The van der Waals surface area contributed by atoms with Gasteiger partial charge in [0.05, 0.1) is 0 Å². The SMILES string of the molecule is CCCO[Si](C)(CC)OCCC.[SiH4]. The first-order valence-corrected chi connectivity index (χ1v) is 7.48. The quantitative estimate of drug-likeness (QED) is 0.608. The highest BCUT2D eigenvalue weighted by Gasteiger charge is 2.28. The highest BCUT2D eigenvalue weighted by atomic mass is 28.4. The highest BCUT2D eigenvalue weighted by molar-refractivity contribution is 6.65. The van der Waals surface area contributed by atoms with E-state index in [4.69, 9.17) is 8.85 Å². The van der Waals surface area contributed by atoms with Gasteiger partial charge < -0.3 is 8.85 Å². The van der Waals surface area contributed by atoms with Crippen LogP contribution in [-0.4, -0.2) is 32.7 Å². The van der Waals surface area contributed by atoms with Crippen LogP contribution in [0.5, 0.6) is 0 Å². The van der Waals surface area contributed by atoms with E-state index < -0.39 is 8.56 Å². The molecule has 4 heteroatoms. The van der Waals surface area contributed by atoms with Crippen LogP contribution in [0.3, 0.4) is 0 Å². The van der Waals surface area contributed by atoms with Crippen molar-refractivity contribution in [3.8, 4) is 0 Å². The number of rotatable bonds is 7. The standard InChI is InChI=1S/C9H22O2Si.H4Si/c1-5-8-10-12(4,7-3)11-9-6-2;/h5-9H2,1-4H3;1H4. The zero-order valence-corrected chi connectivity index (χ0v) is 9.85. The Kier molecular flexibility index (Phi) is 10.9. The third kappa shape index (κ3) is 7.43. The molecular formula is C9H26O2Si2. The van der Waals surface area contributed by atoms with Gasteiger partial charge in [0.2, 0.25) is 0 Å². The van der Waals surface area contributed by atoms with Gasteiger partial charge in [0.1, 0.15) is 0 Å². The van der Waals surface area contributed by atoms with Crippen LogP contribution in [0.25, 0.3) is 0 Å². The summed E-state index contributed by atoms with van der Waals surface area (Å²) in [6, 6.07) is 1.05. The van der Waals surface area contributed by atoms with Gasteiger partial charge in [0.25, 0.3) is 0 Å². The van der Waals surface area contributed by atoms with E-state index in [1.807, 2.05) is 0 Å². The molecule has 0 aliphatic heterocycles. The van der Waals surface area contributed by atoms with Crippen LogP contribution in [0.2, 0.25) is 12.6 Å². The maximum Gasteiger partial charge on any atom is 0.334 e. The molecule has 0 saturated heterocycles. The van der Waals surface area contributed by atoms with Crippen molar-refractivity contribution in [2.45, 2.75) is 46.2 Å². The average molecular weight is 222 g/mol. The van der Waals surface area contributed by atoms with Crippen molar-refractivity contribution in [2.24, 2.45) is 0 Å². The average Bonchev–Trinajstić information content (AvgIpc) is 2.11. The predicted molar refractivity (Wildman–Crippen MR) is 65.9 cm³/mol. The van der Waals surface area contributed by atoms with Gasteiger partial charge in [-0.25, -0.2) is 0 Å². The summed E-state index contributed by atoms with van der Waals surface area (Å²) in [5.41, 5.74) is 0. The van der Waals surface area contributed by atoms with Gasteiger partial charge in [-0.05, 0) is 36.4 Å². The second-order valence-corrected chi connectivity index (χ2v) is 6.74. The molecule has 0 spiro atoms. The van der Waals surface area contributed by atoms with E-state index in [2.05, 4.69) is 27.3 Å². The van der Waals surface area contributed by atoms with E-state index in [9.17, 15) is 0 Å². The molecule has 0 aliphatic rings. The second-order valence-electron chi connectivity index (χ2n) is 3.18. The molecule has 0 radical (unpaired) electrons. The van der Waals surface area contributed by atoms with Gasteiger partial charge in [-0.2, -0.15) is 0 Å². The first kappa shape index (κ1) is 15.8. The van der Waals surface area contributed by atoms with Gasteiger partial charge >= 0.3 is 8.56 Å². The van der Waals surface area contributed by atoms with Crippen LogP contribution in [-0.2, 0) is 8.85 Å². The van der Waals surface area contributed by atoms with Gasteiger partial charge in [-0.15, -0.1) is 0 Å². The molecule has 0 heterocycles. The first-order valence-electron chi connectivity index (χ1n) is 4.96. The van der Waals surface area contributed by atoms with Crippen LogP contribution in [0.1, 0.15) is 33.6 Å².